The first-order valence-electron chi connectivity index (χ1n) is 11.8. The Morgan fingerprint density at radius 1 is 1.12 bits per heavy atom. The lowest BCUT2D eigenvalue weighted by Gasteiger charge is -2.36. The second kappa shape index (κ2) is 8.97. The standard InChI is InChI=1S/C23H32N8O/c1-16-17(2)27-23-25-15-26-31(23)22(16)24-14-19-8-5-6-10-29(19)11-12-30-21(32)13-18-7-3-4-9-20(18)28-30/h13,15,19,24H,3-12,14H2,1-2H3. The average Bonchev–Trinajstić information content (AvgIpc) is 3.26. The lowest BCUT2D eigenvalue weighted by atomic mass is 9.97. The van der Waals surface area contributed by atoms with Crippen LogP contribution >= 0.6 is 0 Å². The van der Waals surface area contributed by atoms with Gasteiger partial charge in [0.2, 0.25) is 0 Å². The number of aromatic nitrogens is 6. The molecule has 4 heterocycles. The predicted molar refractivity (Wildman–Crippen MR) is 123 cm³/mol. The minimum absolute atomic E-state index is 0.0359. The monoisotopic (exact) mass is 436 g/mol. The van der Waals surface area contributed by atoms with Crippen molar-refractivity contribution in [2.45, 2.75) is 71.4 Å². The number of nitrogens with one attached hydrogen (secondary N) is 1. The van der Waals surface area contributed by atoms with Crippen molar-refractivity contribution in [3.63, 3.8) is 0 Å². The molecule has 2 aliphatic rings. The van der Waals surface area contributed by atoms with Gasteiger partial charge in [-0.2, -0.15) is 19.7 Å². The van der Waals surface area contributed by atoms with E-state index in [9.17, 15) is 4.79 Å². The van der Waals surface area contributed by atoms with E-state index in [2.05, 4.69) is 32.2 Å². The van der Waals surface area contributed by atoms with Gasteiger partial charge in [0, 0.05) is 36.5 Å². The molecule has 1 fully saturated rings. The Balaban J connectivity index is 1.28. The van der Waals surface area contributed by atoms with Crippen LogP contribution in [-0.2, 0) is 19.4 Å². The Morgan fingerprint density at radius 3 is 2.91 bits per heavy atom. The van der Waals surface area contributed by atoms with Crippen LogP contribution in [0.25, 0.3) is 5.78 Å². The number of fused-ring (bicyclic) bond motifs is 2. The summed E-state index contributed by atoms with van der Waals surface area (Å²) in [4.78, 5) is 23.8. The quantitative estimate of drug-likeness (QED) is 0.633. The highest BCUT2D eigenvalue weighted by atomic mass is 16.1. The summed E-state index contributed by atoms with van der Waals surface area (Å²) in [6.07, 6.45) is 9.43. The number of likely N-dealkylation sites (tertiary alicyclic amines) is 1. The van der Waals surface area contributed by atoms with Crippen molar-refractivity contribution in [3.8, 4) is 0 Å². The first kappa shape index (κ1) is 21.1. The predicted octanol–water partition coefficient (Wildman–Crippen LogP) is 2.14. The molecule has 5 rings (SSSR count). The average molecular weight is 437 g/mol. The molecule has 0 radical (unpaired) electrons. The fourth-order valence-corrected chi connectivity index (χ4v) is 5.03. The number of rotatable bonds is 6. The maximum atomic E-state index is 12.6. The summed E-state index contributed by atoms with van der Waals surface area (Å²) in [5, 5.41) is 12.7. The molecule has 1 unspecified atom stereocenters. The first-order valence-corrected chi connectivity index (χ1v) is 11.8. The molecule has 9 heteroatoms. The highest BCUT2D eigenvalue weighted by Crippen LogP contribution is 2.21. The van der Waals surface area contributed by atoms with Crippen molar-refractivity contribution in [2.24, 2.45) is 0 Å². The van der Waals surface area contributed by atoms with E-state index in [1.54, 1.807) is 15.5 Å². The number of anilines is 1. The van der Waals surface area contributed by atoms with E-state index in [4.69, 9.17) is 5.10 Å². The third-order valence-corrected chi connectivity index (χ3v) is 7.03. The Kier molecular flexibility index (Phi) is 5.91. The van der Waals surface area contributed by atoms with Gasteiger partial charge in [-0.15, -0.1) is 0 Å². The fourth-order valence-electron chi connectivity index (χ4n) is 5.03. The molecule has 0 amide bonds. The Morgan fingerprint density at radius 2 is 2.00 bits per heavy atom. The number of piperidine rings is 1. The maximum Gasteiger partial charge on any atom is 0.267 e. The summed E-state index contributed by atoms with van der Waals surface area (Å²) in [7, 11) is 0. The van der Waals surface area contributed by atoms with Crippen LogP contribution in [0.5, 0.6) is 0 Å². The third-order valence-electron chi connectivity index (χ3n) is 7.03. The van der Waals surface area contributed by atoms with Gasteiger partial charge < -0.3 is 5.32 Å². The Bertz CT molecular complexity index is 1170. The van der Waals surface area contributed by atoms with Crippen molar-refractivity contribution >= 4 is 11.6 Å². The highest BCUT2D eigenvalue weighted by molar-refractivity contribution is 5.51. The lowest BCUT2D eigenvalue weighted by Crippen LogP contribution is -2.46. The van der Waals surface area contributed by atoms with Crippen LogP contribution in [0.1, 0.15) is 54.6 Å². The summed E-state index contributed by atoms with van der Waals surface area (Å²) in [5.74, 6) is 1.58. The van der Waals surface area contributed by atoms with Gasteiger partial charge in [-0.25, -0.2) is 9.67 Å². The number of hydrogen-bond donors (Lipinski definition) is 1. The molecule has 1 atom stereocenters. The molecule has 32 heavy (non-hydrogen) atoms. The molecule has 3 aromatic heterocycles. The van der Waals surface area contributed by atoms with Crippen LogP contribution in [0, 0.1) is 13.8 Å². The van der Waals surface area contributed by atoms with E-state index in [0.717, 1.165) is 73.7 Å². The van der Waals surface area contributed by atoms with Gasteiger partial charge in [-0.3, -0.25) is 9.69 Å². The van der Waals surface area contributed by atoms with E-state index in [1.807, 2.05) is 13.0 Å². The zero-order chi connectivity index (χ0) is 22.1. The molecular weight excluding hydrogens is 404 g/mol. The van der Waals surface area contributed by atoms with Gasteiger partial charge in [-0.1, -0.05) is 6.42 Å². The molecule has 9 nitrogen and oxygen atoms in total. The molecule has 0 spiro atoms. The molecule has 170 valence electrons. The minimum atomic E-state index is 0.0359. The van der Waals surface area contributed by atoms with E-state index in [0.29, 0.717) is 18.4 Å². The summed E-state index contributed by atoms with van der Waals surface area (Å²) >= 11 is 0. The molecule has 3 aromatic rings. The second-order valence-electron chi connectivity index (χ2n) is 9.09. The van der Waals surface area contributed by atoms with Gasteiger partial charge in [0.1, 0.15) is 12.1 Å². The molecule has 1 aliphatic carbocycles. The molecular formula is C23H32N8O. The van der Waals surface area contributed by atoms with E-state index in [-0.39, 0.29) is 5.56 Å². The molecule has 0 saturated carbocycles. The highest BCUT2D eigenvalue weighted by Gasteiger charge is 2.23. The van der Waals surface area contributed by atoms with Crippen molar-refractivity contribution in [1.82, 2.24) is 34.3 Å². The first-order chi connectivity index (χ1) is 15.6. The molecule has 1 N–H and O–H groups in total. The SMILES string of the molecule is Cc1nc2ncnn2c(NCC2CCCCN2CCn2nc3c(cc2=O)CCCC3)c1C. The van der Waals surface area contributed by atoms with Crippen LogP contribution in [0.3, 0.4) is 0 Å². The minimum Gasteiger partial charge on any atom is -0.368 e. The third kappa shape index (κ3) is 4.13. The summed E-state index contributed by atoms with van der Waals surface area (Å²) < 4.78 is 3.46. The smallest absolute Gasteiger partial charge is 0.267 e. The van der Waals surface area contributed by atoms with Gasteiger partial charge in [0.05, 0.1) is 12.2 Å². The van der Waals surface area contributed by atoms with E-state index >= 15 is 0 Å². The van der Waals surface area contributed by atoms with Gasteiger partial charge in [0.15, 0.2) is 0 Å². The van der Waals surface area contributed by atoms with Crippen LogP contribution in [0.4, 0.5) is 5.82 Å². The normalized spacial score (nSPS) is 19.2. The molecule has 1 aliphatic heterocycles. The molecule has 0 aromatic carbocycles. The number of hydrogen-bond acceptors (Lipinski definition) is 7. The van der Waals surface area contributed by atoms with Crippen LogP contribution in [0.2, 0.25) is 0 Å². The topological polar surface area (TPSA) is 93.2 Å². The van der Waals surface area contributed by atoms with E-state index in [1.165, 1.54) is 19.3 Å². The zero-order valence-electron chi connectivity index (χ0n) is 19.0. The van der Waals surface area contributed by atoms with E-state index < -0.39 is 0 Å². The number of aryl methyl sites for hydroxylation is 3. The van der Waals surface area contributed by atoms with Crippen molar-refractivity contribution in [1.29, 1.82) is 0 Å². The second-order valence-corrected chi connectivity index (χ2v) is 9.09. The zero-order valence-corrected chi connectivity index (χ0v) is 19.0. The van der Waals surface area contributed by atoms with Crippen LogP contribution < -0.4 is 10.9 Å². The Hall–Kier alpha value is -2.81. The maximum absolute atomic E-state index is 12.6. The van der Waals surface area contributed by atoms with Crippen molar-refractivity contribution < 1.29 is 0 Å². The largest absolute Gasteiger partial charge is 0.368 e. The van der Waals surface area contributed by atoms with Gasteiger partial charge >= 0.3 is 0 Å². The molecule has 0 bridgehead atoms. The van der Waals surface area contributed by atoms with Crippen LogP contribution in [-0.4, -0.2) is 59.9 Å². The van der Waals surface area contributed by atoms with Gasteiger partial charge in [0.25, 0.3) is 11.3 Å². The lowest BCUT2D eigenvalue weighted by molar-refractivity contribution is 0.147. The van der Waals surface area contributed by atoms with Gasteiger partial charge in [-0.05, 0) is 64.5 Å². The summed E-state index contributed by atoms with van der Waals surface area (Å²) in [5.41, 5.74) is 4.36. The van der Waals surface area contributed by atoms with Crippen molar-refractivity contribution in [2.75, 3.05) is 25.0 Å². The number of nitrogens with zero attached hydrogens (tertiary/aromatic N) is 7. The van der Waals surface area contributed by atoms with Crippen LogP contribution in [0.15, 0.2) is 17.2 Å². The molecule has 1 saturated heterocycles. The van der Waals surface area contributed by atoms with Crippen molar-refractivity contribution in [3.05, 3.63) is 45.3 Å². The fraction of sp³-hybridized carbons (Fsp3) is 0.609. The summed E-state index contributed by atoms with van der Waals surface area (Å²) in [6, 6.07) is 2.22. The summed E-state index contributed by atoms with van der Waals surface area (Å²) in [6.45, 7) is 7.43. The Labute approximate surface area is 187 Å².